The molecule has 1 amide bonds. The molecule has 6 heteroatoms. The summed E-state index contributed by atoms with van der Waals surface area (Å²) in [6.07, 6.45) is 3.43. The van der Waals surface area contributed by atoms with Crippen molar-refractivity contribution in [3.05, 3.63) is 60.0 Å². The van der Waals surface area contributed by atoms with Gasteiger partial charge < -0.3 is 15.8 Å². The van der Waals surface area contributed by atoms with Gasteiger partial charge in [0.15, 0.2) is 0 Å². The molecule has 1 aliphatic rings. The number of pyridine rings is 1. The van der Waals surface area contributed by atoms with Gasteiger partial charge in [-0.25, -0.2) is 9.37 Å². The first-order valence-corrected chi connectivity index (χ1v) is 9.42. The Labute approximate surface area is 162 Å². The zero-order chi connectivity index (χ0) is 19.5. The van der Waals surface area contributed by atoms with E-state index >= 15 is 0 Å². The van der Waals surface area contributed by atoms with E-state index < -0.39 is 0 Å². The number of rotatable bonds is 4. The lowest BCUT2D eigenvalue weighted by molar-refractivity contribution is 0.0643. The first-order chi connectivity index (χ1) is 13.6. The normalized spacial score (nSPS) is 14.9. The van der Waals surface area contributed by atoms with Gasteiger partial charge in [-0.2, -0.15) is 0 Å². The Kier molecular flexibility index (Phi) is 5.21. The third-order valence-electron chi connectivity index (χ3n) is 5.21. The Morgan fingerprint density at radius 1 is 1.14 bits per heavy atom. The van der Waals surface area contributed by atoms with Crippen molar-refractivity contribution < 1.29 is 13.9 Å². The predicted molar refractivity (Wildman–Crippen MR) is 107 cm³/mol. The van der Waals surface area contributed by atoms with Crippen molar-refractivity contribution in [1.82, 2.24) is 10.3 Å². The molecule has 0 spiro atoms. The number of hydrogen-bond donors (Lipinski definition) is 2. The van der Waals surface area contributed by atoms with Crippen LogP contribution in [0.5, 0.6) is 0 Å². The number of anilines is 1. The van der Waals surface area contributed by atoms with Crippen molar-refractivity contribution in [2.45, 2.75) is 12.8 Å². The summed E-state index contributed by atoms with van der Waals surface area (Å²) >= 11 is 0. The van der Waals surface area contributed by atoms with Gasteiger partial charge in [-0.05, 0) is 53.5 Å². The number of aromatic nitrogens is 1. The van der Waals surface area contributed by atoms with Crippen LogP contribution in [0, 0.1) is 11.7 Å². The third-order valence-corrected chi connectivity index (χ3v) is 5.21. The summed E-state index contributed by atoms with van der Waals surface area (Å²) in [5.74, 6) is 0.312. The summed E-state index contributed by atoms with van der Waals surface area (Å²) in [5.41, 5.74) is 8.12. The van der Waals surface area contributed by atoms with E-state index in [4.69, 9.17) is 10.5 Å². The SMILES string of the molecule is Nc1ncc(C(=O)NCC2CCOCC2)c2ccc(-c3cccc(F)c3)cc12. The predicted octanol–water partition coefficient (Wildman–Crippen LogP) is 3.78. The fourth-order valence-electron chi connectivity index (χ4n) is 3.58. The molecule has 1 saturated heterocycles. The summed E-state index contributed by atoms with van der Waals surface area (Å²) < 4.78 is 18.9. The molecule has 144 valence electrons. The van der Waals surface area contributed by atoms with E-state index in [9.17, 15) is 9.18 Å². The van der Waals surface area contributed by atoms with Crippen LogP contribution in [0.25, 0.3) is 21.9 Å². The van der Waals surface area contributed by atoms with E-state index in [0.29, 0.717) is 29.2 Å². The number of benzene rings is 2. The van der Waals surface area contributed by atoms with Gasteiger partial charge in [-0.1, -0.05) is 24.3 Å². The highest BCUT2D eigenvalue weighted by atomic mass is 19.1. The van der Waals surface area contributed by atoms with Crippen LogP contribution in [0.15, 0.2) is 48.7 Å². The van der Waals surface area contributed by atoms with E-state index in [1.54, 1.807) is 6.07 Å². The van der Waals surface area contributed by atoms with Crippen LogP contribution in [0.4, 0.5) is 10.2 Å². The number of amides is 1. The fourth-order valence-corrected chi connectivity index (χ4v) is 3.58. The van der Waals surface area contributed by atoms with Crippen LogP contribution in [0.1, 0.15) is 23.2 Å². The van der Waals surface area contributed by atoms with Crippen LogP contribution in [-0.2, 0) is 4.74 Å². The van der Waals surface area contributed by atoms with Gasteiger partial charge in [0.25, 0.3) is 5.91 Å². The molecule has 2 heterocycles. The molecule has 0 saturated carbocycles. The van der Waals surface area contributed by atoms with E-state index in [2.05, 4.69) is 10.3 Å². The van der Waals surface area contributed by atoms with Gasteiger partial charge in [0, 0.05) is 31.3 Å². The first-order valence-electron chi connectivity index (χ1n) is 9.42. The fraction of sp³-hybridized carbons (Fsp3) is 0.273. The molecule has 0 aliphatic carbocycles. The molecule has 5 nitrogen and oxygen atoms in total. The van der Waals surface area contributed by atoms with Crippen LogP contribution < -0.4 is 11.1 Å². The molecule has 28 heavy (non-hydrogen) atoms. The second kappa shape index (κ2) is 7.94. The number of ether oxygens (including phenoxy) is 1. The zero-order valence-corrected chi connectivity index (χ0v) is 15.5. The summed E-state index contributed by atoms with van der Waals surface area (Å²) in [7, 11) is 0. The minimum atomic E-state index is -0.301. The Bertz CT molecular complexity index is 1020. The average Bonchev–Trinajstić information content (AvgIpc) is 2.73. The van der Waals surface area contributed by atoms with Crippen LogP contribution in [0.2, 0.25) is 0 Å². The molecule has 1 aliphatic heterocycles. The van der Waals surface area contributed by atoms with Gasteiger partial charge in [0.1, 0.15) is 11.6 Å². The van der Waals surface area contributed by atoms with E-state index in [0.717, 1.165) is 42.6 Å². The molecule has 1 aromatic heterocycles. The molecule has 0 radical (unpaired) electrons. The summed E-state index contributed by atoms with van der Waals surface area (Å²) in [4.78, 5) is 16.9. The highest BCUT2D eigenvalue weighted by molar-refractivity contribution is 6.09. The number of nitrogens with two attached hydrogens (primary N) is 1. The van der Waals surface area contributed by atoms with Crippen molar-refractivity contribution in [2.24, 2.45) is 5.92 Å². The number of halogens is 1. The number of nitrogen functional groups attached to an aromatic ring is 1. The van der Waals surface area contributed by atoms with Crippen molar-refractivity contribution in [2.75, 3.05) is 25.5 Å². The molecule has 0 unspecified atom stereocenters. The van der Waals surface area contributed by atoms with Crippen LogP contribution in [0.3, 0.4) is 0 Å². The van der Waals surface area contributed by atoms with Crippen molar-refractivity contribution >= 4 is 22.5 Å². The van der Waals surface area contributed by atoms with Crippen molar-refractivity contribution in [3.8, 4) is 11.1 Å². The number of fused-ring (bicyclic) bond motifs is 1. The Morgan fingerprint density at radius 3 is 2.71 bits per heavy atom. The van der Waals surface area contributed by atoms with Gasteiger partial charge in [0.05, 0.1) is 5.56 Å². The lowest BCUT2D eigenvalue weighted by atomic mass is 9.98. The summed E-state index contributed by atoms with van der Waals surface area (Å²) in [6.45, 7) is 2.11. The number of nitrogens with one attached hydrogen (secondary N) is 1. The van der Waals surface area contributed by atoms with E-state index in [1.807, 2.05) is 24.3 Å². The van der Waals surface area contributed by atoms with Gasteiger partial charge >= 0.3 is 0 Å². The standard InChI is InChI=1S/C22H22FN3O2/c23-17-3-1-2-15(10-17)16-4-5-18-19(11-16)21(24)25-13-20(18)22(27)26-12-14-6-8-28-9-7-14/h1-5,10-11,13-14H,6-9,12H2,(H2,24,25)(H,26,27). The monoisotopic (exact) mass is 379 g/mol. The zero-order valence-electron chi connectivity index (χ0n) is 15.5. The minimum absolute atomic E-state index is 0.164. The number of carbonyl (C=O) groups excluding carboxylic acids is 1. The molecular formula is C22H22FN3O2. The van der Waals surface area contributed by atoms with Gasteiger partial charge in [0.2, 0.25) is 0 Å². The lowest BCUT2D eigenvalue weighted by Gasteiger charge is -2.22. The highest BCUT2D eigenvalue weighted by Crippen LogP contribution is 2.29. The largest absolute Gasteiger partial charge is 0.383 e. The van der Waals surface area contributed by atoms with Crippen LogP contribution in [-0.4, -0.2) is 30.6 Å². The number of carbonyl (C=O) groups is 1. The maximum absolute atomic E-state index is 13.6. The average molecular weight is 379 g/mol. The smallest absolute Gasteiger partial charge is 0.253 e. The highest BCUT2D eigenvalue weighted by Gasteiger charge is 2.17. The van der Waals surface area contributed by atoms with E-state index in [1.165, 1.54) is 18.3 Å². The third kappa shape index (κ3) is 3.82. The Morgan fingerprint density at radius 2 is 1.93 bits per heavy atom. The Balaban J connectivity index is 1.62. The summed E-state index contributed by atoms with van der Waals surface area (Å²) in [5, 5.41) is 4.42. The molecule has 2 aromatic carbocycles. The first kappa shape index (κ1) is 18.4. The second-order valence-electron chi connectivity index (χ2n) is 7.09. The van der Waals surface area contributed by atoms with Crippen LogP contribution >= 0.6 is 0 Å². The van der Waals surface area contributed by atoms with Crippen molar-refractivity contribution in [3.63, 3.8) is 0 Å². The molecule has 1 fully saturated rings. The number of nitrogens with zero attached hydrogens (tertiary/aromatic N) is 1. The lowest BCUT2D eigenvalue weighted by Crippen LogP contribution is -2.32. The molecular weight excluding hydrogens is 357 g/mol. The molecule has 3 aromatic rings. The molecule has 0 atom stereocenters. The second-order valence-corrected chi connectivity index (χ2v) is 7.09. The number of hydrogen-bond acceptors (Lipinski definition) is 4. The molecule has 3 N–H and O–H groups in total. The molecule has 4 rings (SSSR count). The van der Waals surface area contributed by atoms with Gasteiger partial charge in [-0.3, -0.25) is 4.79 Å². The van der Waals surface area contributed by atoms with E-state index in [-0.39, 0.29) is 11.7 Å². The Hall–Kier alpha value is -2.99. The minimum Gasteiger partial charge on any atom is -0.383 e. The quantitative estimate of drug-likeness (QED) is 0.723. The van der Waals surface area contributed by atoms with Gasteiger partial charge in [-0.15, -0.1) is 0 Å². The topological polar surface area (TPSA) is 77.2 Å². The maximum atomic E-state index is 13.6. The maximum Gasteiger partial charge on any atom is 0.253 e. The summed E-state index contributed by atoms with van der Waals surface area (Å²) in [6, 6.07) is 11.9. The van der Waals surface area contributed by atoms with Crippen molar-refractivity contribution in [1.29, 1.82) is 0 Å². The molecule has 0 bridgehead atoms.